The first kappa shape index (κ1) is 24.3. The molecule has 0 heterocycles. The van der Waals surface area contributed by atoms with Crippen molar-refractivity contribution in [3.05, 3.63) is 63.7 Å². The number of rotatable bonds is 10. The van der Waals surface area contributed by atoms with E-state index in [0.717, 1.165) is 12.1 Å². The van der Waals surface area contributed by atoms with Crippen LogP contribution in [0.15, 0.2) is 42.5 Å². The van der Waals surface area contributed by atoms with Crippen LogP contribution in [0.25, 0.3) is 0 Å². The Balaban J connectivity index is 2.29. The number of non-ortho nitro benzene ring substituents is 1. The van der Waals surface area contributed by atoms with Gasteiger partial charge >= 0.3 is 5.97 Å². The topological polar surface area (TPSA) is 128 Å². The maximum atomic E-state index is 13.1. The summed E-state index contributed by atoms with van der Waals surface area (Å²) >= 11 is 0. The lowest BCUT2D eigenvalue weighted by molar-refractivity contribution is -0.384. The molecule has 170 valence electrons. The van der Waals surface area contributed by atoms with Crippen LogP contribution in [0.2, 0.25) is 0 Å². The molecule has 2 aromatic rings. The Labute approximate surface area is 185 Å². The van der Waals surface area contributed by atoms with Crippen LogP contribution >= 0.6 is 0 Å². The fraction of sp³-hybridized carbons (Fsp3) is 0.318. The van der Waals surface area contributed by atoms with E-state index in [0.29, 0.717) is 17.9 Å². The van der Waals surface area contributed by atoms with Crippen molar-refractivity contribution in [3.8, 4) is 5.75 Å². The number of carbonyl (C=O) groups excluding carboxylic acids is 3. The Kier molecular flexibility index (Phi) is 8.70. The van der Waals surface area contributed by atoms with Crippen LogP contribution in [0.4, 0.5) is 11.4 Å². The number of carbonyl (C=O) groups is 3. The number of methoxy groups -OCH3 is 1. The van der Waals surface area contributed by atoms with Crippen molar-refractivity contribution in [2.45, 2.75) is 20.3 Å². The lowest BCUT2D eigenvalue weighted by Crippen LogP contribution is -2.38. The summed E-state index contributed by atoms with van der Waals surface area (Å²) in [5, 5.41) is 14.0. The molecule has 0 unspecified atom stereocenters. The van der Waals surface area contributed by atoms with Crippen LogP contribution in [-0.4, -0.2) is 54.4 Å². The zero-order valence-corrected chi connectivity index (χ0v) is 18.1. The van der Waals surface area contributed by atoms with E-state index in [1.54, 1.807) is 31.2 Å². The van der Waals surface area contributed by atoms with Crippen molar-refractivity contribution in [2.24, 2.45) is 0 Å². The second-order valence-electron chi connectivity index (χ2n) is 6.72. The summed E-state index contributed by atoms with van der Waals surface area (Å²) in [5.74, 6) is -1.39. The molecule has 0 atom stereocenters. The molecule has 0 fully saturated rings. The molecule has 2 aromatic carbocycles. The third-order valence-electron chi connectivity index (χ3n) is 4.38. The van der Waals surface area contributed by atoms with E-state index in [1.165, 1.54) is 18.1 Å². The van der Waals surface area contributed by atoms with E-state index in [9.17, 15) is 24.5 Å². The molecule has 0 aliphatic heterocycles. The normalized spacial score (nSPS) is 10.2. The predicted octanol–water partition coefficient (Wildman–Crippen LogP) is 3.27. The van der Waals surface area contributed by atoms with Crippen molar-refractivity contribution >= 4 is 29.2 Å². The van der Waals surface area contributed by atoms with Gasteiger partial charge in [0.2, 0.25) is 5.91 Å². The Bertz CT molecular complexity index is 1010. The highest BCUT2D eigenvalue weighted by atomic mass is 16.6. The van der Waals surface area contributed by atoms with Gasteiger partial charge in [-0.15, -0.1) is 0 Å². The van der Waals surface area contributed by atoms with Gasteiger partial charge in [0.1, 0.15) is 12.3 Å². The summed E-state index contributed by atoms with van der Waals surface area (Å²) in [6.45, 7) is 3.45. The smallest absolute Gasteiger partial charge is 0.338 e. The number of nitrogens with zero attached hydrogens (tertiary/aromatic N) is 2. The van der Waals surface area contributed by atoms with E-state index in [2.05, 4.69) is 5.32 Å². The van der Waals surface area contributed by atoms with Gasteiger partial charge in [-0.25, -0.2) is 4.79 Å². The maximum absolute atomic E-state index is 13.1. The van der Waals surface area contributed by atoms with Crippen molar-refractivity contribution in [1.82, 2.24) is 4.90 Å². The van der Waals surface area contributed by atoms with Gasteiger partial charge in [0.05, 0.1) is 29.9 Å². The molecule has 2 amide bonds. The number of nitro benzene ring substituents is 1. The van der Waals surface area contributed by atoms with Gasteiger partial charge in [0.25, 0.3) is 11.6 Å². The molecular formula is C22H25N3O7. The largest absolute Gasteiger partial charge is 0.495 e. The zero-order valence-electron chi connectivity index (χ0n) is 18.1. The zero-order chi connectivity index (χ0) is 23.7. The summed E-state index contributed by atoms with van der Waals surface area (Å²) in [5.41, 5.74) is -0.169. The van der Waals surface area contributed by atoms with Gasteiger partial charge < -0.3 is 19.7 Å². The number of hydrogen-bond donors (Lipinski definition) is 1. The Morgan fingerprint density at radius 1 is 1.09 bits per heavy atom. The standard InChI is InChI=1S/C22H25N3O7/c1-4-10-24(14-20(26)23-18-8-6-7-9-19(18)31-3)21(27)15-11-16(22(28)32-5-2)13-17(12-15)25(29)30/h6-9,11-13H,4-5,10,14H2,1-3H3,(H,23,26). The van der Waals surface area contributed by atoms with E-state index in [-0.39, 0.29) is 30.8 Å². The van der Waals surface area contributed by atoms with Crippen LogP contribution in [0.1, 0.15) is 41.0 Å². The summed E-state index contributed by atoms with van der Waals surface area (Å²) in [7, 11) is 1.47. The van der Waals surface area contributed by atoms with Crippen LogP contribution in [0, 0.1) is 10.1 Å². The average Bonchev–Trinajstić information content (AvgIpc) is 2.78. The lowest BCUT2D eigenvalue weighted by Gasteiger charge is -2.22. The molecule has 10 heteroatoms. The minimum Gasteiger partial charge on any atom is -0.495 e. The molecule has 0 spiro atoms. The molecule has 0 saturated heterocycles. The molecule has 0 aliphatic rings. The van der Waals surface area contributed by atoms with Gasteiger partial charge in [0.15, 0.2) is 0 Å². The SMILES string of the molecule is CCCN(CC(=O)Nc1ccccc1OC)C(=O)c1cc(C(=O)OCC)cc([N+](=O)[O-])c1. The first-order valence-corrected chi connectivity index (χ1v) is 9.99. The highest BCUT2D eigenvalue weighted by Crippen LogP contribution is 2.23. The molecule has 2 rings (SSSR count). The van der Waals surface area contributed by atoms with Crippen molar-refractivity contribution in [1.29, 1.82) is 0 Å². The monoisotopic (exact) mass is 443 g/mol. The van der Waals surface area contributed by atoms with Gasteiger partial charge in [-0.1, -0.05) is 19.1 Å². The van der Waals surface area contributed by atoms with E-state index < -0.39 is 28.4 Å². The summed E-state index contributed by atoms with van der Waals surface area (Å²) in [4.78, 5) is 49.6. The number of amides is 2. The third-order valence-corrected chi connectivity index (χ3v) is 4.38. The molecule has 0 saturated carbocycles. The van der Waals surface area contributed by atoms with Crippen LogP contribution < -0.4 is 10.1 Å². The summed E-state index contributed by atoms with van der Waals surface area (Å²) < 4.78 is 10.1. The van der Waals surface area contributed by atoms with Crippen LogP contribution in [0.5, 0.6) is 5.75 Å². The number of nitrogens with one attached hydrogen (secondary N) is 1. The quantitative estimate of drug-likeness (QED) is 0.339. The molecule has 0 aliphatic carbocycles. The molecule has 1 N–H and O–H groups in total. The fourth-order valence-corrected chi connectivity index (χ4v) is 2.99. The lowest BCUT2D eigenvalue weighted by atomic mass is 10.1. The maximum Gasteiger partial charge on any atom is 0.338 e. The van der Waals surface area contributed by atoms with E-state index >= 15 is 0 Å². The second-order valence-corrected chi connectivity index (χ2v) is 6.72. The highest BCUT2D eigenvalue weighted by molar-refractivity contribution is 6.02. The molecule has 32 heavy (non-hydrogen) atoms. The summed E-state index contributed by atoms with van der Waals surface area (Å²) in [6, 6.07) is 10.2. The van der Waals surface area contributed by atoms with Crippen LogP contribution in [0.3, 0.4) is 0 Å². The Hall–Kier alpha value is -3.95. The average molecular weight is 443 g/mol. The molecule has 10 nitrogen and oxygen atoms in total. The number of benzene rings is 2. The minimum absolute atomic E-state index is 0.0793. The first-order chi connectivity index (χ1) is 15.3. The van der Waals surface area contributed by atoms with E-state index in [1.807, 2.05) is 6.92 Å². The summed E-state index contributed by atoms with van der Waals surface area (Å²) in [6.07, 6.45) is 0.549. The van der Waals surface area contributed by atoms with Gasteiger partial charge in [0, 0.05) is 24.2 Å². The number of ether oxygens (including phenoxy) is 2. The number of anilines is 1. The number of hydrogen-bond acceptors (Lipinski definition) is 7. The number of para-hydroxylation sites is 2. The fourth-order valence-electron chi connectivity index (χ4n) is 2.99. The van der Waals surface area contributed by atoms with Crippen LogP contribution in [-0.2, 0) is 9.53 Å². The highest BCUT2D eigenvalue weighted by Gasteiger charge is 2.23. The van der Waals surface area contributed by atoms with Gasteiger partial charge in [-0.3, -0.25) is 19.7 Å². The van der Waals surface area contributed by atoms with Crippen molar-refractivity contribution < 1.29 is 28.8 Å². The Morgan fingerprint density at radius 3 is 2.41 bits per heavy atom. The van der Waals surface area contributed by atoms with Gasteiger partial charge in [-0.05, 0) is 31.5 Å². The van der Waals surface area contributed by atoms with Crippen molar-refractivity contribution in [2.75, 3.05) is 32.1 Å². The van der Waals surface area contributed by atoms with Crippen molar-refractivity contribution in [3.63, 3.8) is 0 Å². The first-order valence-electron chi connectivity index (χ1n) is 9.99. The molecular weight excluding hydrogens is 418 g/mol. The van der Waals surface area contributed by atoms with Gasteiger partial charge in [-0.2, -0.15) is 0 Å². The van der Waals surface area contributed by atoms with E-state index in [4.69, 9.17) is 9.47 Å². The molecule has 0 radical (unpaired) electrons. The number of esters is 1. The number of nitro groups is 1. The third kappa shape index (κ3) is 6.27. The minimum atomic E-state index is -0.777. The predicted molar refractivity (Wildman–Crippen MR) is 117 cm³/mol. The second kappa shape index (κ2) is 11.4. The molecule has 0 bridgehead atoms. The molecule has 0 aromatic heterocycles. The Morgan fingerprint density at radius 2 is 1.78 bits per heavy atom.